The van der Waals surface area contributed by atoms with Crippen molar-refractivity contribution in [3.05, 3.63) is 29.3 Å². The lowest BCUT2D eigenvalue weighted by Gasteiger charge is -2.30. The number of nitrogens with one attached hydrogen (secondary N) is 2. The first-order valence-corrected chi connectivity index (χ1v) is 9.31. The van der Waals surface area contributed by atoms with E-state index in [2.05, 4.69) is 30.8 Å². The van der Waals surface area contributed by atoms with E-state index in [1.165, 1.54) is 5.56 Å². The van der Waals surface area contributed by atoms with Gasteiger partial charge in [-0.2, -0.15) is 0 Å². The Morgan fingerprint density at radius 2 is 1.95 bits per heavy atom. The van der Waals surface area contributed by atoms with Gasteiger partial charge in [-0.05, 0) is 61.5 Å². The van der Waals surface area contributed by atoms with Gasteiger partial charge in [0.05, 0.1) is 4.90 Å². The first-order valence-electron chi connectivity index (χ1n) is 7.82. The fraction of sp³-hybridized carbons (Fsp3) is 0.625. The van der Waals surface area contributed by atoms with Crippen LogP contribution in [-0.4, -0.2) is 27.5 Å². The third-order valence-electron chi connectivity index (χ3n) is 4.34. The van der Waals surface area contributed by atoms with Gasteiger partial charge in [0.15, 0.2) is 0 Å². The Balaban J connectivity index is 2.22. The molecule has 21 heavy (non-hydrogen) atoms. The third-order valence-corrected chi connectivity index (χ3v) is 5.83. The highest BCUT2D eigenvalue weighted by Crippen LogP contribution is 2.19. The highest BCUT2D eigenvalue weighted by molar-refractivity contribution is 7.89. The molecule has 5 heteroatoms. The predicted octanol–water partition coefficient (Wildman–Crippen LogP) is 2.09. The van der Waals surface area contributed by atoms with Crippen molar-refractivity contribution in [1.29, 1.82) is 0 Å². The molecule has 2 unspecified atom stereocenters. The second kappa shape index (κ2) is 6.90. The van der Waals surface area contributed by atoms with Gasteiger partial charge in [0, 0.05) is 6.04 Å². The minimum absolute atomic E-state index is 0.0205. The SMILES string of the molecule is CCc1ccc(S(=O)(=O)NC2CCNCC2C)cc1CC. The summed E-state index contributed by atoms with van der Waals surface area (Å²) in [5, 5.41) is 3.29. The smallest absolute Gasteiger partial charge is 0.240 e. The van der Waals surface area contributed by atoms with Crippen molar-refractivity contribution in [1.82, 2.24) is 10.0 Å². The van der Waals surface area contributed by atoms with E-state index in [1.54, 1.807) is 6.07 Å². The van der Waals surface area contributed by atoms with Gasteiger partial charge in [-0.25, -0.2) is 13.1 Å². The highest BCUT2D eigenvalue weighted by Gasteiger charge is 2.26. The Morgan fingerprint density at radius 3 is 2.57 bits per heavy atom. The van der Waals surface area contributed by atoms with Gasteiger partial charge >= 0.3 is 0 Å². The fourth-order valence-corrected chi connectivity index (χ4v) is 4.33. The molecule has 0 saturated carbocycles. The van der Waals surface area contributed by atoms with Crippen molar-refractivity contribution in [2.45, 2.75) is 51.0 Å². The molecular formula is C16H26N2O2S. The van der Waals surface area contributed by atoms with Crippen LogP contribution in [0, 0.1) is 5.92 Å². The van der Waals surface area contributed by atoms with Gasteiger partial charge in [-0.3, -0.25) is 0 Å². The number of aryl methyl sites for hydroxylation is 2. The molecule has 0 aliphatic carbocycles. The van der Waals surface area contributed by atoms with E-state index >= 15 is 0 Å². The zero-order valence-electron chi connectivity index (χ0n) is 13.1. The summed E-state index contributed by atoms with van der Waals surface area (Å²) in [6.45, 7) is 7.97. The predicted molar refractivity (Wildman–Crippen MR) is 86.0 cm³/mol. The molecule has 1 heterocycles. The van der Waals surface area contributed by atoms with Crippen LogP contribution in [0.3, 0.4) is 0 Å². The van der Waals surface area contributed by atoms with Gasteiger partial charge in [0.1, 0.15) is 0 Å². The Labute approximate surface area is 128 Å². The summed E-state index contributed by atoms with van der Waals surface area (Å²) in [6, 6.07) is 5.52. The molecule has 1 saturated heterocycles. The Kier molecular flexibility index (Phi) is 5.41. The lowest BCUT2D eigenvalue weighted by Crippen LogP contribution is -2.48. The summed E-state index contributed by atoms with van der Waals surface area (Å²) in [5.41, 5.74) is 2.35. The highest BCUT2D eigenvalue weighted by atomic mass is 32.2. The molecule has 1 aliphatic heterocycles. The van der Waals surface area contributed by atoms with Crippen LogP contribution in [0.4, 0.5) is 0 Å². The average Bonchev–Trinajstić information content (AvgIpc) is 2.48. The lowest BCUT2D eigenvalue weighted by atomic mass is 9.97. The van der Waals surface area contributed by atoms with Crippen LogP contribution in [0.5, 0.6) is 0 Å². The Bertz CT molecular complexity index is 584. The first-order chi connectivity index (χ1) is 9.97. The maximum absolute atomic E-state index is 12.6. The van der Waals surface area contributed by atoms with Gasteiger partial charge in [-0.1, -0.05) is 26.8 Å². The molecule has 1 aromatic rings. The summed E-state index contributed by atoms with van der Waals surface area (Å²) in [7, 11) is -3.43. The van der Waals surface area contributed by atoms with Crippen molar-refractivity contribution in [3.8, 4) is 0 Å². The van der Waals surface area contributed by atoms with Crippen LogP contribution in [0.25, 0.3) is 0 Å². The first kappa shape index (κ1) is 16.5. The molecule has 2 rings (SSSR count). The number of sulfonamides is 1. The average molecular weight is 310 g/mol. The quantitative estimate of drug-likeness (QED) is 0.875. The summed E-state index contributed by atoms with van der Waals surface area (Å²) in [5.74, 6) is 0.314. The number of piperidine rings is 1. The summed E-state index contributed by atoms with van der Waals surface area (Å²) < 4.78 is 28.0. The van der Waals surface area contributed by atoms with E-state index in [0.717, 1.165) is 37.9 Å². The van der Waals surface area contributed by atoms with E-state index in [1.807, 2.05) is 12.1 Å². The zero-order chi connectivity index (χ0) is 15.5. The summed E-state index contributed by atoms with van der Waals surface area (Å²) >= 11 is 0. The second-order valence-corrected chi connectivity index (χ2v) is 7.55. The van der Waals surface area contributed by atoms with Crippen LogP contribution in [0.2, 0.25) is 0 Å². The van der Waals surface area contributed by atoms with Crippen molar-refractivity contribution in [3.63, 3.8) is 0 Å². The monoisotopic (exact) mass is 310 g/mol. The molecular weight excluding hydrogens is 284 g/mol. The Morgan fingerprint density at radius 1 is 1.24 bits per heavy atom. The summed E-state index contributed by atoms with van der Waals surface area (Å²) in [6.07, 6.45) is 2.63. The number of hydrogen-bond donors (Lipinski definition) is 2. The fourth-order valence-electron chi connectivity index (χ4n) is 2.90. The number of benzene rings is 1. The lowest BCUT2D eigenvalue weighted by molar-refractivity contribution is 0.328. The Hall–Kier alpha value is -0.910. The molecule has 2 N–H and O–H groups in total. The van der Waals surface area contributed by atoms with Crippen molar-refractivity contribution in [2.75, 3.05) is 13.1 Å². The topological polar surface area (TPSA) is 58.2 Å². The van der Waals surface area contributed by atoms with Crippen LogP contribution in [0.1, 0.15) is 38.3 Å². The molecule has 118 valence electrons. The molecule has 1 aliphatic rings. The molecule has 0 aromatic heterocycles. The van der Waals surface area contributed by atoms with E-state index < -0.39 is 10.0 Å². The zero-order valence-corrected chi connectivity index (χ0v) is 14.0. The molecule has 0 spiro atoms. The molecule has 0 amide bonds. The normalized spacial score (nSPS) is 23.2. The van der Waals surface area contributed by atoms with E-state index in [0.29, 0.717) is 10.8 Å². The van der Waals surface area contributed by atoms with Crippen molar-refractivity contribution < 1.29 is 8.42 Å². The van der Waals surface area contributed by atoms with Crippen LogP contribution < -0.4 is 10.0 Å². The van der Waals surface area contributed by atoms with Gasteiger partial charge in [0.25, 0.3) is 0 Å². The third kappa shape index (κ3) is 3.84. The molecule has 1 aromatic carbocycles. The van der Waals surface area contributed by atoms with Crippen LogP contribution >= 0.6 is 0 Å². The van der Waals surface area contributed by atoms with Gasteiger partial charge in [-0.15, -0.1) is 0 Å². The van der Waals surface area contributed by atoms with Gasteiger partial charge in [0.2, 0.25) is 10.0 Å². The molecule has 0 bridgehead atoms. The minimum atomic E-state index is -3.43. The van der Waals surface area contributed by atoms with Crippen LogP contribution in [-0.2, 0) is 22.9 Å². The maximum Gasteiger partial charge on any atom is 0.240 e. The van der Waals surface area contributed by atoms with Crippen molar-refractivity contribution in [2.24, 2.45) is 5.92 Å². The van der Waals surface area contributed by atoms with E-state index in [-0.39, 0.29) is 6.04 Å². The standard InChI is InChI=1S/C16H26N2O2S/c1-4-13-6-7-15(10-14(13)5-2)21(19,20)18-16-8-9-17-11-12(16)3/h6-7,10,12,16-18H,4-5,8-9,11H2,1-3H3. The van der Waals surface area contributed by atoms with Crippen molar-refractivity contribution >= 4 is 10.0 Å². The second-order valence-electron chi connectivity index (χ2n) is 5.84. The minimum Gasteiger partial charge on any atom is -0.316 e. The van der Waals surface area contributed by atoms with Crippen LogP contribution in [0.15, 0.2) is 23.1 Å². The molecule has 2 atom stereocenters. The summed E-state index contributed by atoms with van der Waals surface area (Å²) in [4.78, 5) is 0.391. The van der Waals surface area contributed by atoms with E-state index in [4.69, 9.17) is 0 Å². The largest absolute Gasteiger partial charge is 0.316 e. The number of rotatable bonds is 5. The molecule has 4 nitrogen and oxygen atoms in total. The molecule has 0 radical (unpaired) electrons. The molecule has 1 fully saturated rings. The number of hydrogen-bond acceptors (Lipinski definition) is 3. The maximum atomic E-state index is 12.6. The van der Waals surface area contributed by atoms with E-state index in [9.17, 15) is 8.42 Å². The van der Waals surface area contributed by atoms with Gasteiger partial charge < -0.3 is 5.32 Å².